The fraction of sp³-hybridized carbons (Fsp3) is 0.571. The van der Waals surface area contributed by atoms with Crippen molar-refractivity contribution in [1.82, 2.24) is 5.32 Å². The summed E-state index contributed by atoms with van der Waals surface area (Å²) in [5.74, 6) is 0. The summed E-state index contributed by atoms with van der Waals surface area (Å²) in [5, 5.41) is 3.38. The highest BCUT2D eigenvalue weighted by Gasteiger charge is 2.19. The summed E-state index contributed by atoms with van der Waals surface area (Å²) in [6.07, 6.45) is 1.23. The molecule has 2 rings (SSSR count). The lowest BCUT2D eigenvalue weighted by molar-refractivity contribution is 0.0409. The van der Waals surface area contributed by atoms with Gasteiger partial charge < -0.3 is 14.8 Å². The van der Waals surface area contributed by atoms with E-state index < -0.39 is 0 Å². The predicted octanol–water partition coefficient (Wildman–Crippen LogP) is 1.93. The molecular formula is C14H21NO2. The monoisotopic (exact) mass is 235 g/mol. The number of hydrogen-bond donors (Lipinski definition) is 1. The van der Waals surface area contributed by atoms with Crippen molar-refractivity contribution in [3.63, 3.8) is 0 Å². The van der Waals surface area contributed by atoms with E-state index >= 15 is 0 Å². The second-order valence-corrected chi connectivity index (χ2v) is 4.21. The lowest BCUT2D eigenvalue weighted by Gasteiger charge is -2.26. The molecule has 1 aromatic rings. The van der Waals surface area contributed by atoms with E-state index in [1.165, 1.54) is 11.1 Å². The van der Waals surface area contributed by atoms with Crippen LogP contribution >= 0.6 is 0 Å². The molecule has 0 saturated heterocycles. The van der Waals surface area contributed by atoms with Gasteiger partial charge in [0.2, 0.25) is 0 Å². The zero-order valence-corrected chi connectivity index (χ0v) is 10.4. The average molecular weight is 235 g/mol. The predicted molar refractivity (Wildman–Crippen MR) is 68.2 cm³/mol. The van der Waals surface area contributed by atoms with Gasteiger partial charge in [-0.3, -0.25) is 0 Å². The van der Waals surface area contributed by atoms with E-state index in [9.17, 15) is 0 Å². The molecule has 3 heteroatoms. The van der Waals surface area contributed by atoms with Crippen LogP contribution in [0.15, 0.2) is 24.3 Å². The number of nitrogens with one attached hydrogen (secondary N) is 1. The minimum atomic E-state index is 0.196. The van der Waals surface area contributed by atoms with Crippen molar-refractivity contribution in [2.45, 2.75) is 19.4 Å². The summed E-state index contributed by atoms with van der Waals surface area (Å²) in [7, 11) is 0. The first-order chi connectivity index (χ1) is 8.42. The Labute approximate surface area is 103 Å². The van der Waals surface area contributed by atoms with E-state index in [1.54, 1.807) is 0 Å². The molecule has 0 saturated carbocycles. The molecule has 94 valence electrons. The molecule has 1 aromatic carbocycles. The Kier molecular flexibility index (Phi) is 4.98. The van der Waals surface area contributed by atoms with Crippen LogP contribution < -0.4 is 5.32 Å². The fourth-order valence-corrected chi connectivity index (χ4v) is 2.17. The smallest absolute Gasteiger partial charge is 0.0952 e. The van der Waals surface area contributed by atoms with Crippen molar-refractivity contribution >= 4 is 0 Å². The minimum Gasteiger partial charge on any atom is -0.380 e. The van der Waals surface area contributed by atoms with Crippen LogP contribution in [0.3, 0.4) is 0 Å². The van der Waals surface area contributed by atoms with Gasteiger partial charge in [0.05, 0.1) is 19.3 Å². The molecule has 3 nitrogen and oxygen atoms in total. The van der Waals surface area contributed by atoms with Gasteiger partial charge in [0.15, 0.2) is 0 Å². The molecule has 1 aliphatic heterocycles. The number of benzene rings is 1. The van der Waals surface area contributed by atoms with Crippen LogP contribution in [0.5, 0.6) is 0 Å². The largest absolute Gasteiger partial charge is 0.380 e. The van der Waals surface area contributed by atoms with Crippen LogP contribution in [0.25, 0.3) is 0 Å². The number of ether oxygens (including phenoxy) is 2. The fourth-order valence-electron chi connectivity index (χ4n) is 2.17. The normalized spacial score (nSPS) is 19.0. The van der Waals surface area contributed by atoms with Gasteiger partial charge in [0.1, 0.15) is 0 Å². The van der Waals surface area contributed by atoms with Gasteiger partial charge in [-0.15, -0.1) is 0 Å². The number of fused-ring (bicyclic) bond motifs is 1. The highest BCUT2D eigenvalue weighted by atomic mass is 16.5. The first-order valence-electron chi connectivity index (χ1n) is 6.39. The third kappa shape index (κ3) is 3.53. The number of hydrogen-bond acceptors (Lipinski definition) is 3. The zero-order chi connectivity index (χ0) is 11.9. The third-order valence-corrected chi connectivity index (χ3v) is 3.05. The quantitative estimate of drug-likeness (QED) is 0.764. The molecule has 0 aromatic heterocycles. The highest BCUT2D eigenvalue weighted by molar-refractivity contribution is 5.31. The summed E-state index contributed by atoms with van der Waals surface area (Å²) >= 11 is 0. The Balaban J connectivity index is 1.82. The second kappa shape index (κ2) is 6.74. The van der Waals surface area contributed by atoms with Gasteiger partial charge in [0.25, 0.3) is 0 Å². The maximum absolute atomic E-state index is 5.81. The Morgan fingerprint density at radius 1 is 1.41 bits per heavy atom. The molecule has 0 radical (unpaired) electrons. The Morgan fingerprint density at radius 2 is 2.29 bits per heavy atom. The number of rotatable bonds is 6. The summed E-state index contributed by atoms with van der Waals surface area (Å²) in [6.45, 7) is 6.14. The second-order valence-electron chi connectivity index (χ2n) is 4.21. The van der Waals surface area contributed by atoms with Crippen molar-refractivity contribution in [1.29, 1.82) is 0 Å². The molecule has 1 heterocycles. The first kappa shape index (κ1) is 12.6. The lowest BCUT2D eigenvalue weighted by atomic mass is 9.97. The zero-order valence-electron chi connectivity index (χ0n) is 10.4. The maximum atomic E-state index is 5.81. The molecule has 1 atom stereocenters. The van der Waals surface area contributed by atoms with E-state index in [0.717, 1.165) is 39.3 Å². The SMILES string of the molecule is CCOCCNCC1OCCc2ccccc21. The topological polar surface area (TPSA) is 30.5 Å². The van der Waals surface area contributed by atoms with E-state index in [0.29, 0.717) is 0 Å². The third-order valence-electron chi connectivity index (χ3n) is 3.05. The Hall–Kier alpha value is -0.900. The minimum absolute atomic E-state index is 0.196. The van der Waals surface area contributed by atoms with Crippen LogP contribution in [0.4, 0.5) is 0 Å². The Morgan fingerprint density at radius 3 is 3.18 bits per heavy atom. The van der Waals surface area contributed by atoms with Gasteiger partial charge in [-0.25, -0.2) is 0 Å². The van der Waals surface area contributed by atoms with Crippen molar-refractivity contribution < 1.29 is 9.47 Å². The molecular weight excluding hydrogens is 214 g/mol. The van der Waals surface area contributed by atoms with Gasteiger partial charge in [0, 0.05) is 19.7 Å². The van der Waals surface area contributed by atoms with Gasteiger partial charge in [-0.05, 0) is 24.5 Å². The van der Waals surface area contributed by atoms with E-state index in [-0.39, 0.29) is 6.10 Å². The van der Waals surface area contributed by atoms with E-state index in [4.69, 9.17) is 9.47 Å². The van der Waals surface area contributed by atoms with Crippen LogP contribution in [-0.4, -0.2) is 32.9 Å². The molecule has 0 bridgehead atoms. The van der Waals surface area contributed by atoms with Crippen molar-refractivity contribution in [3.05, 3.63) is 35.4 Å². The Bertz CT molecular complexity index is 341. The lowest BCUT2D eigenvalue weighted by Crippen LogP contribution is -2.29. The summed E-state index contributed by atoms with van der Waals surface area (Å²) in [5.41, 5.74) is 2.76. The van der Waals surface area contributed by atoms with Crippen LogP contribution in [0, 0.1) is 0 Å². The van der Waals surface area contributed by atoms with Crippen LogP contribution in [0.1, 0.15) is 24.2 Å². The molecule has 0 spiro atoms. The van der Waals surface area contributed by atoms with Crippen LogP contribution in [-0.2, 0) is 15.9 Å². The maximum Gasteiger partial charge on any atom is 0.0952 e. The average Bonchev–Trinajstić information content (AvgIpc) is 2.39. The molecule has 1 unspecified atom stereocenters. The molecule has 17 heavy (non-hydrogen) atoms. The van der Waals surface area contributed by atoms with E-state index in [2.05, 4.69) is 29.6 Å². The van der Waals surface area contributed by atoms with Gasteiger partial charge in [-0.1, -0.05) is 24.3 Å². The van der Waals surface area contributed by atoms with Crippen molar-refractivity contribution in [3.8, 4) is 0 Å². The summed E-state index contributed by atoms with van der Waals surface area (Å²) in [4.78, 5) is 0. The standard InChI is InChI=1S/C14H21NO2/c1-2-16-10-8-15-11-14-13-6-4-3-5-12(13)7-9-17-14/h3-6,14-15H,2,7-11H2,1H3. The summed E-state index contributed by atoms with van der Waals surface area (Å²) < 4.78 is 11.1. The van der Waals surface area contributed by atoms with E-state index in [1.807, 2.05) is 6.92 Å². The molecule has 1 aliphatic rings. The van der Waals surface area contributed by atoms with Gasteiger partial charge in [-0.2, -0.15) is 0 Å². The molecule has 0 fully saturated rings. The summed E-state index contributed by atoms with van der Waals surface area (Å²) in [6, 6.07) is 8.55. The van der Waals surface area contributed by atoms with Crippen LogP contribution in [0.2, 0.25) is 0 Å². The highest BCUT2D eigenvalue weighted by Crippen LogP contribution is 2.25. The van der Waals surface area contributed by atoms with Crippen molar-refractivity contribution in [2.75, 3.05) is 32.9 Å². The first-order valence-corrected chi connectivity index (χ1v) is 6.39. The van der Waals surface area contributed by atoms with Crippen molar-refractivity contribution in [2.24, 2.45) is 0 Å². The molecule has 0 aliphatic carbocycles. The van der Waals surface area contributed by atoms with Gasteiger partial charge >= 0.3 is 0 Å². The molecule has 0 amide bonds. The molecule has 1 N–H and O–H groups in total.